The highest BCUT2D eigenvalue weighted by Gasteiger charge is 2.21. The fraction of sp³-hybridized carbons (Fsp3) is 0.267. The van der Waals surface area contributed by atoms with E-state index in [1.165, 1.54) is 4.90 Å². The molecule has 2 amide bonds. The lowest BCUT2D eigenvalue weighted by atomic mass is 10.0. The summed E-state index contributed by atoms with van der Waals surface area (Å²) in [5.74, 6) is -0.480. The zero-order valence-corrected chi connectivity index (χ0v) is 12.5. The smallest absolute Gasteiger partial charge is 0.276 e. The van der Waals surface area contributed by atoms with Crippen molar-refractivity contribution in [1.29, 1.82) is 0 Å². The molecule has 0 saturated heterocycles. The van der Waals surface area contributed by atoms with Crippen molar-refractivity contribution < 1.29 is 14.3 Å². The Morgan fingerprint density at radius 2 is 2.00 bits per heavy atom. The topological polar surface area (TPSA) is 111 Å². The summed E-state index contributed by atoms with van der Waals surface area (Å²) in [6.45, 7) is 0.266. The monoisotopic (exact) mass is 302 g/mol. The Balaban J connectivity index is 2.46. The normalized spacial score (nSPS) is 13.1. The molecule has 0 atom stereocenters. The number of carbonyl (C=O) groups is 2. The summed E-state index contributed by atoms with van der Waals surface area (Å²) in [6.07, 6.45) is 2.02. The predicted octanol–water partition coefficient (Wildman–Crippen LogP) is 0.354. The average Bonchev–Trinajstić information content (AvgIpc) is 2.67. The van der Waals surface area contributed by atoms with Crippen LogP contribution < -0.4 is 16.2 Å². The molecular weight excluding hydrogens is 284 g/mol. The molecule has 1 heterocycles. The Morgan fingerprint density at radius 3 is 2.64 bits per heavy atom. The highest BCUT2D eigenvalue weighted by Crippen LogP contribution is 2.30. The fourth-order valence-corrected chi connectivity index (χ4v) is 2.12. The summed E-state index contributed by atoms with van der Waals surface area (Å²) >= 11 is 0. The van der Waals surface area contributed by atoms with E-state index >= 15 is 0 Å². The first-order valence-electron chi connectivity index (χ1n) is 6.72. The van der Waals surface area contributed by atoms with Crippen LogP contribution in [-0.4, -0.2) is 43.4 Å². The lowest BCUT2D eigenvalue weighted by Gasteiger charge is -2.15. The molecular formula is C15H18N4O3. The molecule has 0 saturated carbocycles. The first-order valence-corrected chi connectivity index (χ1v) is 6.72. The Labute approximate surface area is 128 Å². The maximum Gasteiger partial charge on any atom is 0.276 e. The largest absolute Gasteiger partial charge is 0.492 e. The first-order chi connectivity index (χ1) is 10.4. The van der Waals surface area contributed by atoms with E-state index in [4.69, 9.17) is 16.2 Å². The van der Waals surface area contributed by atoms with Crippen LogP contribution >= 0.6 is 0 Å². The number of ether oxygens (including phenoxy) is 1. The van der Waals surface area contributed by atoms with Crippen LogP contribution in [0.3, 0.4) is 0 Å². The maximum atomic E-state index is 12.2. The summed E-state index contributed by atoms with van der Waals surface area (Å²) < 4.78 is 5.67. The highest BCUT2D eigenvalue weighted by molar-refractivity contribution is 6.05. The molecule has 0 bridgehead atoms. The molecule has 0 aliphatic carbocycles. The minimum Gasteiger partial charge on any atom is -0.492 e. The second kappa shape index (κ2) is 6.30. The number of rotatable bonds is 2. The summed E-state index contributed by atoms with van der Waals surface area (Å²) in [7, 11) is 3.34. The fourth-order valence-electron chi connectivity index (χ4n) is 2.12. The summed E-state index contributed by atoms with van der Waals surface area (Å²) in [4.78, 5) is 29.2. The Bertz CT molecular complexity index is 673. The van der Waals surface area contributed by atoms with Gasteiger partial charge in [0.15, 0.2) is 5.96 Å². The zero-order chi connectivity index (χ0) is 16.3. The van der Waals surface area contributed by atoms with Gasteiger partial charge in [-0.15, -0.1) is 0 Å². The van der Waals surface area contributed by atoms with E-state index in [1.54, 1.807) is 38.4 Å². The SMILES string of the molecule is CN(C)C(=O)c1cccc2c1OCCC(C(=O)N=C(N)N)=C2. The van der Waals surface area contributed by atoms with Crippen LogP contribution in [0.2, 0.25) is 0 Å². The van der Waals surface area contributed by atoms with Crippen LogP contribution in [0.15, 0.2) is 28.8 Å². The number of guanidine groups is 1. The van der Waals surface area contributed by atoms with Gasteiger partial charge in [0.25, 0.3) is 11.8 Å². The number of fused-ring (bicyclic) bond motifs is 1. The molecule has 2 rings (SSSR count). The number of nitrogens with zero attached hydrogens (tertiary/aromatic N) is 2. The van der Waals surface area contributed by atoms with Gasteiger partial charge in [0.2, 0.25) is 0 Å². The van der Waals surface area contributed by atoms with Crippen LogP contribution in [0.4, 0.5) is 0 Å². The van der Waals surface area contributed by atoms with Crippen molar-refractivity contribution in [1.82, 2.24) is 4.90 Å². The highest BCUT2D eigenvalue weighted by atomic mass is 16.5. The molecule has 116 valence electrons. The predicted molar refractivity (Wildman–Crippen MR) is 83.4 cm³/mol. The molecule has 22 heavy (non-hydrogen) atoms. The molecule has 1 aliphatic rings. The van der Waals surface area contributed by atoms with E-state index < -0.39 is 5.91 Å². The molecule has 0 fully saturated rings. The average molecular weight is 302 g/mol. The minimum absolute atomic E-state index is 0.163. The molecule has 1 aromatic rings. The van der Waals surface area contributed by atoms with E-state index in [-0.39, 0.29) is 18.5 Å². The van der Waals surface area contributed by atoms with Gasteiger partial charge in [-0.2, -0.15) is 4.99 Å². The third kappa shape index (κ3) is 3.25. The molecule has 7 nitrogen and oxygen atoms in total. The van der Waals surface area contributed by atoms with Gasteiger partial charge in [0.05, 0.1) is 12.2 Å². The van der Waals surface area contributed by atoms with Gasteiger partial charge in [-0.05, 0) is 12.1 Å². The van der Waals surface area contributed by atoms with Crippen LogP contribution in [0, 0.1) is 0 Å². The van der Waals surface area contributed by atoms with Gasteiger partial charge in [-0.1, -0.05) is 12.1 Å². The van der Waals surface area contributed by atoms with Crippen molar-refractivity contribution in [3.05, 3.63) is 34.9 Å². The van der Waals surface area contributed by atoms with Crippen molar-refractivity contribution in [2.24, 2.45) is 16.5 Å². The summed E-state index contributed by atoms with van der Waals surface area (Å²) in [5, 5.41) is 0. The Kier molecular flexibility index (Phi) is 4.45. The molecule has 1 aromatic carbocycles. The van der Waals surface area contributed by atoms with Crippen molar-refractivity contribution >= 4 is 23.8 Å². The first kappa shape index (κ1) is 15.6. The van der Waals surface area contributed by atoms with Gasteiger partial charge in [-0.3, -0.25) is 9.59 Å². The number of benzene rings is 1. The van der Waals surface area contributed by atoms with Crippen LogP contribution in [-0.2, 0) is 4.79 Å². The number of para-hydroxylation sites is 1. The number of aliphatic imine (C=N–C) groups is 1. The lowest BCUT2D eigenvalue weighted by molar-refractivity contribution is -0.114. The molecule has 4 N–H and O–H groups in total. The Hall–Kier alpha value is -2.83. The van der Waals surface area contributed by atoms with Crippen molar-refractivity contribution in [2.45, 2.75) is 6.42 Å². The van der Waals surface area contributed by atoms with E-state index in [0.717, 1.165) is 0 Å². The zero-order valence-electron chi connectivity index (χ0n) is 12.5. The number of hydrogen-bond donors (Lipinski definition) is 2. The van der Waals surface area contributed by atoms with Gasteiger partial charge >= 0.3 is 0 Å². The molecule has 0 radical (unpaired) electrons. The Morgan fingerprint density at radius 1 is 1.27 bits per heavy atom. The molecule has 1 aliphatic heterocycles. The standard InChI is InChI=1S/C15H18N4O3/c1-19(2)14(21)11-5-3-4-9-8-10(6-7-22-12(9)11)13(20)18-15(16)17/h3-5,8H,6-7H2,1-2H3,(H4,16,17,18,20). The second-order valence-corrected chi connectivity index (χ2v) is 5.03. The summed E-state index contributed by atoms with van der Waals surface area (Å²) in [5.41, 5.74) is 12.0. The third-order valence-electron chi connectivity index (χ3n) is 3.13. The van der Waals surface area contributed by atoms with Crippen LogP contribution in [0.1, 0.15) is 22.3 Å². The maximum absolute atomic E-state index is 12.2. The van der Waals surface area contributed by atoms with Gasteiger partial charge in [-0.25, -0.2) is 0 Å². The van der Waals surface area contributed by atoms with E-state index in [0.29, 0.717) is 28.9 Å². The number of amides is 2. The number of nitrogens with two attached hydrogens (primary N) is 2. The minimum atomic E-state index is -0.499. The van der Waals surface area contributed by atoms with E-state index in [9.17, 15) is 9.59 Å². The van der Waals surface area contributed by atoms with E-state index in [2.05, 4.69) is 4.99 Å². The summed E-state index contributed by atoms with van der Waals surface area (Å²) in [6, 6.07) is 5.21. The third-order valence-corrected chi connectivity index (χ3v) is 3.13. The quantitative estimate of drug-likeness (QED) is 0.605. The van der Waals surface area contributed by atoms with E-state index in [1.807, 2.05) is 0 Å². The number of hydrogen-bond acceptors (Lipinski definition) is 3. The van der Waals surface area contributed by atoms with Gasteiger partial charge in [0.1, 0.15) is 5.75 Å². The van der Waals surface area contributed by atoms with Crippen molar-refractivity contribution in [3.8, 4) is 5.75 Å². The molecule has 0 spiro atoms. The molecule has 0 aromatic heterocycles. The van der Waals surface area contributed by atoms with Crippen LogP contribution in [0.5, 0.6) is 5.75 Å². The number of carbonyl (C=O) groups excluding carboxylic acids is 2. The second-order valence-electron chi connectivity index (χ2n) is 5.03. The molecule has 0 unspecified atom stereocenters. The van der Waals surface area contributed by atoms with Crippen molar-refractivity contribution in [2.75, 3.05) is 20.7 Å². The van der Waals surface area contributed by atoms with Crippen molar-refractivity contribution in [3.63, 3.8) is 0 Å². The lowest BCUT2D eigenvalue weighted by Crippen LogP contribution is -2.24. The molecule has 7 heteroatoms. The van der Waals surface area contributed by atoms with Gasteiger partial charge in [0, 0.05) is 31.7 Å². The van der Waals surface area contributed by atoms with Crippen LogP contribution in [0.25, 0.3) is 6.08 Å². The van der Waals surface area contributed by atoms with Gasteiger partial charge < -0.3 is 21.1 Å².